The zero-order valence-electron chi connectivity index (χ0n) is 20.9. The molecule has 0 saturated carbocycles. The summed E-state index contributed by atoms with van der Waals surface area (Å²) in [5, 5.41) is 2.31. The van der Waals surface area contributed by atoms with Gasteiger partial charge in [0.1, 0.15) is 5.57 Å². The molecule has 2 aromatic carbocycles. The smallest absolute Gasteiger partial charge is 0.318 e. The predicted octanol–water partition coefficient (Wildman–Crippen LogP) is 5.84. The number of imide groups is 2. The topological polar surface area (TPSA) is 71.4 Å². The number of carbonyl (C=O) groups excluding carboxylic acids is 3. The molecule has 4 amide bonds. The van der Waals surface area contributed by atoms with Crippen molar-refractivity contribution in [3.8, 4) is 5.69 Å². The largest absolute Gasteiger partial charge is 0.335 e. The SMILES string of the molecule is CCc1ccc(-n2c(C)cc(/C=C3/C(=O)NC(=O)N(c4ccc(C(C)CC)cc4)C3=O)c2C)cc1. The van der Waals surface area contributed by atoms with E-state index in [4.69, 9.17) is 0 Å². The second-order valence-corrected chi connectivity index (χ2v) is 9.04. The van der Waals surface area contributed by atoms with E-state index in [9.17, 15) is 14.4 Å². The number of nitrogens with zero attached hydrogens (tertiary/aromatic N) is 2. The normalized spacial score (nSPS) is 16.1. The summed E-state index contributed by atoms with van der Waals surface area (Å²) in [5.41, 5.74) is 6.40. The first-order valence-electron chi connectivity index (χ1n) is 12.0. The van der Waals surface area contributed by atoms with Crippen molar-refractivity contribution in [1.82, 2.24) is 9.88 Å². The lowest BCUT2D eigenvalue weighted by Crippen LogP contribution is -2.54. The van der Waals surface area contributed by atoms with Crippen LogP contribution in [0.2, 0.25) is 0 Å². The van der Waals surface area contributed by atoms with E-state index in [-0.39, 0.29) is 5.57 Å². The Morgan fingerprint density at radius 1 is 0.914 bits per heavy atom. The summed E-state index contributed by atoms with van der Waals surface area (Å²) < 4.78 is 2.09. The van der Waals surface area contributed by atoms with Gasteiger partial charge < -0.3 is 4.57 Å². The standard InChI is InChI=1S/C29H31N3O3/c1-6-18(3)22-10-14-25(15-11-22)32-28(34)26(27(33)30-29(32)35)17-23-16-19(4)31(20(23)5)24-12-8-21(7-2)9-13-24/h8-18H,6-7H2,1-5H3,(H,30,33,35)/b26-17-. The number of nitrogens with one attached hydrogen (secondary N) is 1. The molecule has 1 aliphatic rings. The van der Waals surface area contributed by atoms with Crippen LogP contribution in [0.3, 0.4) is 0 Å². The van der Waals surface area contributed by atoms with Gasteiger partial charge in [-0.05, 0) is 85.7 Å². The quantitative estimate of drug-likeness (QED) is 0.364. The average Bonchev–Trinajstić information content (AvgIpc) is 3.14. The number of aromatic nitrogens is 1. The van der Waals surface area contributed by atoms with Crippen molar-refractivity contribution < 1.29 is 14.4 Å². The Hall–Kier alpha value is -3.93. The van der Waals surface area contributed by atoms with Crippen LogP contribution in [0, 0.1) is 13.8 Å². The van der Waals surface area contributed by atoms with E-state index in [1.807, 2.05) is 32.0 Å². The van der Waals surface area contributed by atoms with Crippen LogP contribution in [0.4, 0.5) is 10.5 Å². The number of barbiturate groups is 1. The van der Waals surface area contributed by atoms with Crippen molar-refractivity contribution >= 4 is 29.6 Å². The van der Waals surface area contributed by atoms with E-state index < -0.39 is 17.8 Å². The van der Waals surface area contributed by atoms with E-state index in [0.717, 1.165) is 45.9 Å². The first-order chi connectivity index (χ1) is 16.7. The van der Waals surface area contributed by atoms with Crippen LogP contribution in [-0.2, 0) is 16.0 Å². The number of hydrogen-bond donors (Lipinski definition) is 1. The number of carbonyl (C=O) groups is 3. The Balaban J connectivity index is 1.69. The molecule has 1 N–H and O–H groups in total. The molecule has 35 heavy (non-hydrogen) atoms. The molecule has 1 atom stereocenters. The van der Waals surface area contributed by atoms with Crippen molar-refractivity contribution in [2.75, 3.05) is 4.90 Å². The number of rotatable bonds is 6. The van der Waals surface area contributed by atoms with Gasteiger partial charge in [0.05, 0.1) is 5.69 Å². The third-order valence-corrected chi connectivity index (χ3v) is 6.81. The molecular formula is C29H31N3O3. The summed E-state index contributed by atoms with van der Waals surface area (Å²) >= 11 is 0. The van der Waals surface area contributed by atoms with Gasteiger partial charge in [0.15, 0.2) is 0 Å². The van der Waals surface area contributed by atoms with E-state index in [1.54, 1.807) is 18.2 Å². The first-order valence-corrected chi connectivity index (χ1v) is 12.0. The Morgan fingerprint density at radius 3 is 2.14 bits per heavy atom. The molecule has 180 valence electrons. The van der Waals surface area contributed by atoms with Gasteiger partial charge in [0, 0.05) is 17.1 Å². The predicted molar refractivity (Wildman–Crippen MR) is 139 cm³/mol. The fourth-order valence-electron chi connectivity index (χ4n) is 4.45. The van der Waals surface area contributed by atoms with Crippen LogP contribution >= 0.6 is 0 Å². The molecule has 4 rings (SSSR count). The fraction of sp³-hybridized carbons (Fsp3) is 0.276. The highest BCUT2D eigenvalue weighted by atomic mass is 16.2. The van der Waals surface area contributed by atoms with Gasteiger partial charge in [-0.1, -0.05) is 45.0 Å². The zero-order valence-corrected chi connectivity index (χ0v) is 20.9. The van der Waals surface area contributed by atoms with Crippen LogP contribution in [0.5, 0.6) is 0 Å². The maximum atomic E-state index is 13.3. The molecule has 1 saturated heterocycles. The number of urea groups is 1. The van der Waals surface area contributed by atoms with Gasteiger partial charge in [-0.3, -0.25) is 14.9 Å². The van der Waals surface area contributed by atoms with Gasteiger partial charge in [0.25, 0.3) is 11.8 Å². The molecule has 0 radical (unpaired) electrons. The van der Waals surface area contributed by atoms with Crippen LogP contribution in [0.1, 0.15) is 61.2 Å². The highest BCUT2D eigenvalue weighted by Gasteiger charge is 2.37. The molecule has 3 aromatic rings. The number of benzene rings is 2. The Labute approximate surface area is 206 Å². The third-order valence-electron chi connectivity index (χ3n) is 6.81. The average molecular weight is 470 g/mol. The lowest BCUT2D eigenvalue weighted by Gasteiger charge is -2.26. The monoisotopic (exact) mass is 469 g/mol. The van der Waals surface area contributed by atoms with Gasteiger partial charge in [-0.2, -0.15) is 0 Å². The highest BCUT2D eigenvalue weighted by Crippen LogP contribution is 2.28. The van der Waals surface area contributed by atoms with Crippen molar-refractivity contribution in [3.63, 3.8) is 0 Å². The van der Waals surface area contributed by atoms with Crippen LogP contribution in [-0.4, -0.2) is 22.4 Å². The molecule has 1 aromatic heterocycles. The van der Waals surface area contributed by atoms with E-state index in [0.29, 0.717) is 11.6 Å². The Kier molecular flexibility index (Phi) is 6.74. The third kappa shape index (κ3) is 4.56. The molecular weight excluding hydrogens is 438 g/mol. The van der Waals surface area contributed by atoms with Gasteiger partial charge in [-0.25, -0.2) is 9.69 Å². The summed E-state index contributed by atoms with van der Waals surface area (Å²) in [5.74, 6) is -0.947. The number of hydrogen-bond acceptors (Lipinski definition) is 3. The van der Waals surface area contributed by atoms with Crippen molar-refractivity contribution in [2.45, 2.75) is 53.4 Å². The van der Waals surface area contributed by atoms with E-state index >= 15 is 0 Å². The molecule has 1 unspecified atom stereocenters. The second-order valence-electron chi connectivity index (χ2n) is 9.04. The maximum absolute atomic E-state index is 13.3. The zero-order chi connectivity index (χ0) is 25.3. The minimum Gasteiger partial charge on any atom is -0.318 e. The Bertz CT molecular complexity index is 1310. The summed E-state index contributed by atoms with van der Waals surface area (Å²) in [6.45, 7) is 10.3. The molecule has 0 spiro atoms. The fourth-order valence-corrected chi connectivity index (χ4v) is 4.45. The number of anilines is 1. The number of amides is 4. The summed E-state index contributed by atoms with van der Waals surface area (Å²) in [7, 11) is 0. The van der Waals surface area contributed by atoms with Gasteiger partial charge >= 0.3 is 6.03 Å². The van der Waals surface area contributed by atoms with Crippen molar-refractivity contribution in [1.29, 1.82) is 0 Å². The summed E-state index contributed by atoms with van der Waals surface area (Å²) in [6.07, 6.45) is 3.53. The van der Waals surface area contributed by atoms with Gasteiger partial charge in [-0.15, -0.1) is 0 Å². The lowest BCUT2D eigenvalue weighted by atomic mass is 9.98. The van der Waals surface area contributed by atoms with E-state index in [1.165, 1.54) is 5.56 Å². The van der Waals surface area contributed by atoms with Crippen molar-refractivity contribution in [2.24, 2.45) is 0 Å². The number of aryl methyl sites for hydroxylation is 2. The highest BCUT2D eigenvalue weighted by molar-refractivity contribution is 6.39. The first kappa shape index (κ1) is 24.2. The van der Waals surface area contributed by atoms with Crippen LogP contribution < -0.4 is 10.2 Å². The molecule has 1 fully saturated rings. The van der Waals surface area contributed by atoms with Crippen LogP contribution in [0.15, 0.2) is 60.2 Å². The van der Waals surface area contributed by atoms with E-state index in [2.05, 4.69) is 54.9 Å². The van der Waals surface area contributed by atoms with Crippen LogP contribution in [0.25, 0.3) is 11.8 Å². The summed E-state index contributed by atoms with van der Waals surface area (Å²) in [6, 6.07) is 16.9. The Morgan fingerprint density at radius 2 is 1.54 bits per heavy atom. The van der Waals surface area contributed by atoms with Crippen molar-refractivity contribution in [3.05, 3.63) is 88.2 Å². The lowest BCUT2D eigenvalue weighted by molar-refractivity contribution is -0.122. The maximum Gasteiger partial charge on any atom is 0.335 e. The minimum atomic E-state index is -0.741. The molecule has 1 aliphatic heterocycles. The molecule has 2 heterocycles. The molecule has 6 heteroatoms. The molecule has 0 aliphatic carbocycles. The molecule has 0 bridgehead atoms. The second kappa shape index (κ2) is 9.74. The minimum absolute atomic E-state index is 0.0721. The molecule has 6 nitrogen and oxygen atoms in total. The van der Waals surface area contributed by atoms with Gasteiger partial charge in [0.2, 0.25) is 0 Å². The summed E-state index contributed by atoms with van der Waals surface area (Å²) in [4.78, 5) is 39.6.